The zero-order valence-electron chi connectivity index (χ0n) is 9.43. The fourth-order valence-electron chi connectivity index (χ4n) is 1.39. The summed E-state index contributed by atoms with van der Waals surface area (Å²) in [6.07, 6.45) is 0.234. The number of rotatable bonds is 6. The number of nitrogens with one attached hydrogen (secondary N) is 1. The van der Waals surface area contributed by atoms with Gasteiger partial charge in [0.1, 0.15) is 0 Å². The van der Waals surface area contributed by atoms with E-state index in [1.165, 1.54) is 12.1 Å². The Morgan fingerprint density at radius 3 is 2.69 bits per heavy atom. The second-order valence-corrected chi connectivity index (χ2v) is 4.13. The molecule has 0 spiro atoms. The lowest BCUT2D eigenvalue weighted by atomic mass is 10.1. The molecule has 16 heavy (non-hydrogen) atoms. The topological polar surface area (TPSA) is 82.7 Å². The quantitative estimate of drug-likeness (QED) is 0.690. The molecule has 90 valence electrons. The number of aliphatic hydroxyl groups is 1. The van der Waals surface area contributed by atoms with Crippen molar-refractivity contribution in [1.82, 2.24) is 0 Å². The first-order valence-corrected chi connectivity index (χ1v) is 5.24. The van der Waals surface area contributed by atoms with Gasteiger partial charge in [0.25, 0.3) is 0 Å². The van der Waals surface area contributed by atoms with Crippen LogP contribution in [0.1, 0.15) is 30.8 Å². The molecular formula is C11H17NO4. The first-order chi connectivity index (χ1) is 7.49. The largest absolute Gasteiger partial charge is 0.475 e. The van der Waals surface area contributed by atoms with Crippen LogP contribution in [0.2, 0.25) is 0 Å². The predicted octanol–water partition coefficient (Wildman–Crippen LogP) is 1.80. The van der Waals surface area contributed by atoms with Gasteiger partial charge in [-0.25, -0.2) is 4.79 Å². The van der Waals surface area contributed by atoms with Gasteiger partial charge in [0, 0.05) is 12.6 Å². The monoisotopic (exact) mass is 227 g/mol. The Morgan fingerprint density at radius 2 is 2.19 bits per heavy atom. The Labute approximate surface area is 94.1 Å². The maximum absolute atomic E-state index is 10.5. The van der Waals surface area contributed by atoms with Crippen LogP contribution >= 0.6 is 0 Å². The molecule has 0 aromatic carbocycles. The number of carbonyl (C=O) groups is 1. The first-order valence-electron chi connectivity index (χ1n) is 5.24. The van der Waals surface area contributed by atoms with Crippen molar-refractivity contribution in [3.05, 3.63) is 17.9 Å². The van der Waals surface area contributed by atoms with Crippen LogP contribution in [-0.2, 0) is 0 Å². The van der Waals surface area contributed by atoms with E-state index in [0.717, 1.165) is 0 Å². The van der Waals surface area contributed by atoms with Crippen molar-refractivity contribution in [2.75, 3.05) is 11.9 Å². The molecule has 5 nitrogen and oxygen atoms in total. The highest BCUT2D eigenvalue weighted by atomic mass is 16.4. The van der Waals surface area contributed by atoms with E-state index in [2.05, 4.69) is 5.32 Å². The normalized spacial score (nSPS) is 12.8. The summed E-state index contributed by atoms with van der Waals surface area (Å²) in [5.74, 6) is -0.431. The highest BCUT2D eigenvalue weighted by molar-refractivity contribution is 5.84. The summed E-state index contributed by atoms with van der Waals surface area (Å²) in [6, 6.07) is 2.91. The van der Waals surface area contributed by atoms with Crippen LogP contribution in [0.15, 0.2) is 16.5 Å². The van der Waals surface area contributed by atoms with Crippen LogP contribution in [0.5, 0.6) is 0 Å². The van der Waals surface area contributed by atoms with Crippen LogP contribution in [0.3, 0.4) is 0 Å². The molecule has 3 N–H and O–H groups in total. The standard InChI is InChI=1S/C11H17NO4/c1-7(2)5-8(13)6-12-10-4-3-9(16-10)11(14)15/h3-4,7-8,12-13H,5-6H2,1-2H3,(H,14,15). The third kappa shape index (κ3) is 3.94. The highest BCUT2D eigenvalue weighted by Crippen LogP contribution is 2.13. The van der Waals surface area contributed by atoms with Gasteiger partial charge in [0.05, 0.1) is 6.10 Å². The number of aromatic carboxylic acids is 1. The molecule has 1 unspecified atom stereocenters. The van der Waals surface area contributed by atoms with Crippen molar-refractivity contribution in [1.29, 1.82) is 0 Å². The fraction of sp³-hybridized carbons (Fsp3) is 0.545. The SMILES string of the molecule is CC(C)CC(O)CNc1ccc(C(=O)O)o1. The Balaban J connectivity index is 2.39. The maximum Gasteiger partial charge on any atom is 0.371 e. The summed E-state index contributed by atoms with van der Waals surface area (Å²) >= 11 is 0. The molecule has 5 heteroatoms. The number of carboxylic acid groups (broad SMARTS) is 1. The van der Waals surface area contributed by atoms with Gasteiger partial charge in [-0.1, -0.05) is 13.8 Å². The molecule has 0 saturated heterocycles. The van der Waals surface area contributed by atoms with E-state index < -0.39 is 12.1 Å². The third-order valence-electron chi connectivity index (χ3n) is 2.07. The Bertz CT molecular complexity index is 346. The minimum absolute atomic E-state index is 0.110. The molecule has 0 aliphatic heterocycles. The minimum atomic E-state index is -1.10. The summed E-state index contributed by atoms with van der Waals surface area (Å²) in [5, 5.41) is 21.0. The van der Waals surface area contributed by atoms with Gasteiger partial charge < -0.3 is 19.9 Å². The molecule has 0 radical (unpaired) electrons. The summed E-state index contributed by atoms with van der Waals surface area (Å²) < 4.78 is 4.98. The predicted molar refractivity (Wildman–Crippen MR) is 59.6 cm³/mol. The molecule has 0 amide bonds. The van der Waals surface area contributed by atoms with Crippen molar-refractivity contribution in [2.24, 2.45) is 5.92 Å². The van der Waals surface area contributed by atoms with Gasteiger partial charge in [-0.2, -0.15) is 0 Å². The molecule has 1 aromatic rings. The van der Waals surface area contributed by atoms with Gasteiger partial charge in [0.15, 0.2) is 5.88 Å². The van der Waals surface area contributed by atoms with E-state index in [-0.39, 0.29) is 5.76 Å². The molecule has 0 aliphatic rings. The second-order valence-electron chi connectivity index (χ2n) is 4.13. The number of carboxylic acids is 1. The van der Waals surface area contributed by atoms with Crippen molar-refractivity contribution < 1.29 is 19.4 Å². The van der Waals surface area contributed by atoms with Gasteiger partial charge in [-0.15, -0.1) is 0 Å². The van der Waals surface area contributed by atoms with Crippen LogP contribution in [0.25, 0.3) is 0 Å². The zero-order chi connectivity index (χ0) is 12.1. The molecular weight excluding hydrogens is 210 g/mol. The van der Waals surface area contributed by atoms with E-state index in [4.69, 9.17) is 9.52 Å². The van der Waals surface area contributed by atoms with Gasteiger partial charge in [-0.3, -0.25) is 0 Å². The van der Waals surface area contributed by atoms with E-state index >= 15 is 0 Å². The lowest BCUT2D eigenvalue weighted by Gasteiger charge is -2.13. The van der Waals surface area contributed by atoms with Crippen molar-refractivity contribution in [3.63, 3.8) is 0 Å². The highest BCUT2D eigenvalue weighted by Gasteiger charge is 2.10. The Kier molecular flexibility index (Phi) is 4.37. The summed E-state index contributed by atoms with van der Waals surface area (Å²) in [5.41, 5.74) is 0. The molecule has 1 heterocycles. The van der Waals surface area contributed by atoms with Crippen LogP contribution < -0.4 is 5.32 Å². The first kappa shape index (κ1) is 12.6. The van der Waals surface area contributed by atoms with Crippen LogP contribution in [-0.4, -0.2) is 28.8 Å². The summed E-state index contributed by atoms with van der Waals surface area (Å²) in [4.78, 5) is 10.5. The third-order valence-corrected chi connectivity index (χ3v) is 2.07. The number of hydrogen-bond acceptors (Lipinski definition) is 4. The maximum atomic E-state index is 10.5. The number of anilines is 1. The Morgan fingerprint density at radius 1 is 1.50 bits per heavy atom. The summed E-state index contributed by atoms with van der Waals surface area (Å²) in [7, 11) is 0. The van der Waals surface area contributed by atoms with Gasteiger partial charge in [-0.05, 0) is 18.4 Å². The lowest BCUT2D eigenvalue weighted by molar-refractivity contribution is 0.0663. The van der Waals surface area contributed by atoms with Crippen molar-refractivity contribution >= 4 is 11.9 Å². The van der Waals surface area contributed by atoms with Gasteiger partial charge >= 0.3 is 5.97 Å². The number of furan rings is 1. The van der Waals surface area contributed by atoms with E-state index in [0.29, 0.717) is 24.8 Å². The van der Waals surface area contributed by atoms with E-state index in [9.17, 15) is 9.90 Å². The smallest absolute Gasteiger partial charge is 0.371 e. The van der Waals surface area contributed by atoms with Gasteiger partial charge in [0.2, 0.25) is 5.76 Å². The fourth-order valence-corrected chi connectivity index (χ4v) is 1.39. The Hall–Kier alpha value is -1.49. The molecule has 0 saturated carbocycles. The second kappa shape index (κ2) is 5.55. The lowest BCUT2D eigenvalue weighted by Crippen LogP contribution is -2.20. The molecule has 0 fully saturated rings. The minimum Gasteiger partial charge on any atom is -0.475 e. The van der Waals surface area contributed by atoms with E-state index in [1.807, 2.05) is 13.8 Å². The molecule has 0 aliphatic carbocycles. The van der Waals surface area contributed by atoms with Crippen LogP contribution in [0.4, 0.5) is 5.88 Å². The van der Waals surface area contributed by atoms with Crippen molar-refractivity contribution in [2.45, 2.75) is 26.4 Å². The number of hydrogen-bond donors (Lipinski definition) is 3. The molecule has 0 bridgehead atoms. The summed E-state index contributed by atoms with van der Waals surface area (Å²) in [6.45, 7) is 4.40. The average Bonchev–Trinajstić information content (AvgIpc) is 2.61. The van der Waals surface area contributed by atoms with Crippen molar-refractivity contribution in [3.8, 4) is 0 Å². The zero-order valence-corrected chi connectivity index (χ0v) is 9.43. The average molecular weight is 227 g/mol. The number of aliphatic hydroxyl groups excluding tert-OH is 1. The van der Waals surface area contributed by atoms with E-state index in [1.54, 1.807) is 0 Å². The molecule has 1 aromatic heterocycles. The van der Waals surface area contributed by atoms with Crippen LogP contribution in [0, 0.1) is 5.92 Å². The molecule has 1 rings (SSSR count). The molecule has 1 atom stereocenters.